The van der Waals surface area contributed by atoms with Gasteiger partial charge in [0.2, 0.25) is 0 Å². The molecule has 0 spiro atoms. The van der Waals surface area contributed by atoms with Gasteiger partial charge >= 0.3 is 0 Å². The van der Waals surface area contributed by atoms with Crippen molar-refractivity contribution in [3.63, 3.8) is 0 Å². The fourth-order valence-corrected chi connectivity index (χ4v) is 2.09. The van der Waals surface area contributed by atoms with Crippen LogP contribution in [-0.4, -0.2) is 31.2 Å². The monoisotopic (exact) mass is 218 g/mol. The van der Waals surface area contributed by atoms with E-state index in [4.69, 9.17) is 10.7 Å². The maximum Gasteiger partial charge on any atom is 0.131 e. The predicted molar refractivity (Wildman–Crippen MR) is 65.8 cm³/mol. The van der Waals surface area contributed by atoms with Crippen LogP contribution >= 0.6 is 0 Å². The van der Waals surface area contributed by atoms with Crippen molar-refractivity contribution in [3.8, 4) is 0 Å². The lowest BCUT2D eigenvalue weighted by Crippen LogP contribution is -2.40. The van der Waals surface area contributed by atoms with Gasteiger partial charge in [-0.3, -0.25) is 0 Å². The Morgan fingerprint density at radius 2 is 1.50 bits per heavy atom. The highest BCUT2D eigenvalue weighted by Crippen LogP contribution is 2.26. The van der Waals surface area contributed by atoms with Crippen molar-refractivity contribution >= 4 is 11.6 Å². The molecule has 2 aliphatic rings. The highest BCUT2D eigenvalue weighted by molar-refractivity contribution is 5.53. The molecule has 2 aliphatic heterocycles. The SMILES string of the molecule is NCc1cc(N2CCC2)nc(N2CCC2)c1. The number of nitrogens with zero attached hydrogens (tertiary/aromatic N) is 3. The zero-order valence-electron chi connectivity index (χ0n) is 9.52. The summed E-state index contributed by atoms with van der Waals surface area (Å²) in [4.78, 5) is 9.37. The number of anilines is 2. The molecule has 0 bridgehead atoms. The fraction of sp³-hybridized carbons (Fsp3) is 0.583. The summed E-state index contributed by atoms with van der Waals surface area (Å²) in [5.41, 5.74) is 6.94. The smallest absolute Gasteiger partial charge is 0.131 e. The van der Waals surface area contributed by atoms with E-state index in [2.05, 4.69) is 21.9 Å². The first-order valence-corrected chi connectivity index (χ1v) is 6.08. The van der Waals surface area contributed by atoms with E-state index in [1.807, 2.05) is 0 Å². The Morgan fingerprint density at radius 3 is 1.81 bits per heavy atom. The van der Waals surface area contributed by atoms with E-state index in [0.29, 0.717) is 6.54 Å². The lowest BCUT2D eigenvalue weighted by Gasteiger charge is -2.36. The molecule has 0 aromatic carbocycles. The van der Waals surface area contributed by atoms with Crippen LogP contribution in [0.2, 0.25) is 0 Å². The highest BCUT2D eigenvalue weighted by atomic mass is 15.3. The third-order valence-electron chi connectivity index (χ3n) is 3.45. The van der Waals surface area contributed by atoms with Crippen LogP contribution in [0.4, 0.5) is 11.6 Å². The molecular formula is C12H18N4. The summed E-state index contributed by atoms with van der Waals surface area (Å²) in [7, 11) is 0. The second-order valence-corrected chi connectivity index (χ2v) is 4.58. The Morgan fingerprint density at radius 1 is 1.00 bits per heavy atom. The molecule has 16 heavy (non-hydrogen) atoms. The maximum atomic E-state index is 5.74. The van der Waals surface area contributed by atoms with Crippen molar-refractivity contribution in [2.45, 2.75) is 19.4 Å². The van der Waals surface area contributed by atoms with Crippen molar-refractivity contribution in [2.75, 3.05) is 36.0 Å². The van der Waals surface area contributed by atoms with Gasteiger partial charge in [-0.1, -0.05) is 0 Å². The summed E-state index contributed by atoms with van der Waals surface area (Å²) in [5, 5.41) is 0. The number of rotatable bonds is 3. The fourth-order valence-electron chi connectivity index (χ4n) is 2.09. The molecular weight excluding hydrogens is 200 g/mol. The summed E-state index contributed by atoms with van der Waals surface area (Å²) in [6.45, 7) is 5.16. The normalized spacial score (nSPS) is 19.3. The predicted octanol–water partition coefficient (Wildman–Crippen LogP) is 0.960. The highest BCUT2D eigenvalue weighted by Gasteiger charge is 2.20. The Bertz CT molecular complexity index is 350. The average molecular weight is 218 g/mol. The molecule has 0 radical (unpaired) electrons. The van der Waals surface area contributed by atoms with Gasteiger partial charge in [-0.15, -0.1) is 0 Å². The van der Waals surface area contributed by atoms with Gasteiger partial charge in [-0.05, 0) is 30.5 Å². The molecule has 0 unspecified atom stereocenters. The minimum Gasteiger partial charge on any atom is -0.356 e. The summed E-state index contributed by atoms with van der Waals surface area (Å²) in [5.74, 6) is 2.22. The van der Waals surface area contributed by atoms with Crippen molar-refractivity contribution < 1.29 is 0 Å². The lowest BCUT2D eigenvalue weighted by atomic mass is 10.1. The zero-order valence-corrected chi connectivity index (χ0v) is 9.52. The molecule has 0 atom stereocenters. The third kappa shape index (κ3) is 1.63. The molecule has 0 aliphatic carbocycles. The minimum atomic E-state index is 0.601. The van der Waals surface area contributed by atoms with Crippen LogP contribution in [0.3, 0.4) is 0 Å². The van der Waals surface area contributed by atoms with Crippen LogP contribution in [0.15, 0.2) is 12.1 Å². The molecule has 1 aromatic heterocycles. The molecule has 2 saturated heterocycles. The van der Waals surface area contributed by atoms with Crippen molar-refractivity contribution in [3.05, 3.63) is 17.7 Å². The molecule has 3 heterocycles. The van der Waals surface area contributed by atoms with Crippen molar-refractivity contribution in [1.29, 1.82) is 0 Å². The van der Waals surface area contributed by atoms with Crippen molar-refractivity contribution in [1.82, 2.24) is 4.98 Å². The molecule has 0 saturated carbocycles. The van der Waals surface area contributed by atoms with E-state index < -0.39 is 0 Å². The summed E-state index contributed by atoms with van der Waals surface area (Å²) in [6, 6.07) is 4.25. The molecule has 1 aromatic rings. The Kier molecular flexibility index (Phi) is 2.44. The van der Waals surface area contributed by atoms with Crippen LogP contribution in [-0.2, 0) is 6.54 Å². The lowest BCUT2D eigenvalue weighted by molar-refractivity contribution is 0.594. The number of nitrogens with two attached hydrogens (primary N) is 1. The third-order valence-corrected chi connectivity index (χ3v) is 3.45. The van der Waals surface area contributed by atoms with Crippen LogP contribution in [0.1, 0.15) is 18.4 Å². The first-order chi connectivity index (χ1) is 7.86. The Hall–Kier alpha value is -1.29. The van der Waals surface area contributed by atoms with Gasteiger partial charge in [0, 0.05) is 32.7 Å². The molecule has 4 nitrogen and oxygen atoms in total. The number of aromatic nitrogens is 1. The summed E-state index contributed by atoms with van der Waals surface area (Å²) in [6.07, 6.45) is 2.57. The van der Waals surface area contributed by atoms with E-state index in [1.54, 1.807) is 0 Å². The van der Waals surface area contributed by atoms with Gasteiger partial charge in [-0.25, -0.2) is 4.98 Å². The second kappa shape index (κ2) is 3.94. The Labute approximate surface area is 96.1 Å². The molecule has 2 fully saturated rings. The largest absolute Gasteiger partial charge is 0.356 e. The van der Waals surface area contributed by atoms with Gasteiger partial charge < -0.3 is 15.5 Å². The van der Waals surface area contributed by atoms with Crippen molar-refractivity contribution in [2.24, 2.45) is 5.73 Å². The first kappa shape index (κ1) is 9.90. The number of hydrogen-bond donors (Lipinski definition) is 1. The van der Waals surface area contributed by atoms with E-state index in [9.17, 15) is 0 Å². The second-order valence-electron chi connectivity index (χ2n) is 4.58. The van der Waals surface area contributed by atoms with Gasteiger partial charge in [-0.2, -0.15) is 0 Å². The van der Waals surface area contributed by atoms with Crippen LogP contribution in [0.5, 0.6) is 0 Å². The zero-order chi connectivity index (χ0) is 11.0. The van der Waals surface area contributed by atoms with Gasteiger partial charge in [0.25, 0.3) is 0 Å². The number of pyridine rings is 1. The summed E-state index contributed by atoms with van der Waals surface area (Å²) >= 11 is 0. The molecule has 4 heteroatoms. The van der Waals surface area contributed by atoms with Crippen LogP contribution < -0.4 is 15.5 Å². The van der Waals surface area contributed by atoms with E-state index >= 15 is 0 Å². The van der Waals surface area contributed by atoms with Crippen LogP contribution in [0, 0.1) is 0 Å². The average Bonchev–Trinajstić information content (AvgIpc) is 2.12. The standard InChI is InChI=1S/C12H18N4/c13-9-10-7-11(15-3-1-4-15)14-12(8-10)16-5-2-6-16/h7-8H,1-6,9,13H2. The Balaban J connectivity index is 1.90. The number of hydrogen-bond acceptors (Lipinski definition) is 4. The van der Waals surface area contributed by atoms with E-state index in [-0.39, 0.29) is 0 Å². The molecule has 86 valence electrons. The minimum absolute atomic E-state index is 0.601. The van der Waals surface area contributed by atoms with Gasteiger partial charge in [0.15, 0.2) is 0 Å². The van der Waals surface area contributed by atoms with Gasteiger partial charge in [0.1, 0.15) is 11.6 Å². The molecule has 3 rings (SSSR count). The topological polar surface area (TPSA) is 45.4 Å². The summed E-state index contributed by atoms with van der Waals surface area (Å²) < 4.78 is 0. The van der Waals surface area contributed by atoms with E-state index in [1.165, 1.54) is 18.4 Å². The first-order valence-electron chi connectivity index (χ1n) is 6.08. The van der Waals surface area contributed by atoms with Crippen LogP contribution in [0.25, 0.3) is 0 Å². The van der Waals surface area contributed by atoms with E-state index in [0.717, 1.165) is 37.8 Å². The molecule has 0 amide bonds. The quantitative estimate of drug-likeness (QED) is 0.821. The maximum absolute atomic E-state index is 5.74. The molecule has 2 N–H and O–H groups in total. The van der Waals surface area contributed by atoms with Gasteiger partial charge in [0.05, 0.1) is 0 Å².